The van der Waals surface area contributed by atoms with Gasteiger partial charge in [-0.3, -0.25) is 0 Å². The summed E-state index contributed by atoms with van der Waals surface area (Å²) < 4.78 is 58.1. The van der Waals surface area contributed by atoms with Crippen LogP contribution in [0.2, 0.25) is 0 Å². The third-order valence-corrected chi connectivity index (χ3v) is 7.96. The van der Waals surface area contributed by atoms with Crippen LogP contribution in [-0.2, 0) is 24.8 Å². The molecule has 0 atom stereocenters. The van der Waals surface area contributed by atoms with Gasteiger partial charge in [0.15, 0.2) is 0 Å². The largest absolute Gasteiger partial charge is 0.377 e. The van der Waals surface area contributed by atoms with Gasteiger partial charge in [-0.2, -0.15) is 0 Å². The Kier molecular flexibility index (Phi) is 6.09. The maximum absolute atomic E-state index is 12.5. The second kappa shape index (κ2) is 7.38. The van der Waals surface area contributed by atoms with Crippen molar-refractivity contribution in [3.8, 4) is 0 Å². The van der Waals surface area contributed by atoms with Gasteiger partial charge in [0, 0.05) is 31.2 Å². The molecular weight excluding hydrogens is 420 g/mol. The molecule has 0 unspecified atom stereocenters. The maximum atomic E-state index is 12.5. The fraction of sp³-hybridized carbons (Fsp3) is 0.571. The number of sulfonamides is 2. The first-order valence-corrected chi connectivity index (χ1v) is 11.5. The summed E-state index contributed by atoms with van der Waals surface area (Å²) in [5.74, 6) is 0. The van der Waals surface area contributed by atoms with E-state index in [1.165, 1.54) is 23.7 Å². The van der Waals surface area contributed by atoms with Crippen LogP contribution in [0.25, 0.3) is 0 Å². The summed E-state index contributed by atoms with van der Waals surface area (Å²) in [6.07, 6.45) is 2.02. The lowest BCUT2D eigenvalue weighted by Gasteiger charge is -2.39. The summed E-state index contributed by atoms with van der Waals surface area (Å²) in [6, 6.07) is 6.56. The van der Waals surface area contributed by atoms with Gasteiger partial charge in [0.05, 0.1) is 16.8 Å². The number of rotatable bonds is 6. The third-order valence-electron chi connectivity index (χ3n) is 4.25. The molecule has 0 radical (unpaired) electrons. The van der Waals surface area contributed by atoms with E-state index in [9.17, 15) is 16.8 Å². The SMILES string of the molecule is COC1(CNS(=O)(=O)c2ccccc2Br)CCN(S(C)(=O)=O)CC1. The number of piperidine rings is 1. The second-order valence-corrected chi connectivity index (χ2v) is 10.4. The fourth-order valence-corrected chi connectivity index (χ4v) is 5.61. The Labute approximate surface area is 151 Å². The Bertz CT molecular complexity index is 787. The predicted octanol–water partition coefficient (Wildman–Crippen LogP) is 1.17. The molecule has 1 saturated heterocycles. The van der Waals surface area contributed by atoms with Crippen molar-refractivity contribution >= 4 is 36.0 Å². The number of benzene rings is 1. The van der Waals surface area contributed by atoms with Crippen molar-refractivity contribution in [2.75, 3.05) is 33.0 Å². The fourth-order valence-electron chi connectivity index (χ4n) is 2.65. The number of hydrogen-bond donors (Lipinski definition) is 1. The van der Waals surface area contributed by atoms with Gasteiger partial charge in [0.1, 0.15) is 0 Å². The van der Waals surface area contributed by atoms with E-state index < -0.39 is 25.6 Å². The highest BCUT2D eigenvalue weighted by atomic mass is 79.9. The van der Waals surface area contributed by atoms with Crippen LogP contribution in [0.4, 0.5) is 0 Å². The molecule has 1 fully saturated rings. The molecule has 0 saturated carbocycles. The average molecular weight is 441 g/mol. The average Bonchev–Trinajstić information content (AvgIpc) is 2.53. The van der Waals surface area contributed by atoms with Crippen LogP contribution in [0.1, 0.15) is 12.8 Å². The molecule has 1 aliphatic heterocycles. The molecule has 0 aliphatic carbocycles. The number of methoxy groups -OCH3 is 1. The van der Waals surface area contributed by atoms with Crippen molar-refractivity contribution in [1.29, 1.82) is 0 Å². The standard InChI is InChI=1S/C14H21BrN2O5S2/c1-22-14(7-9-17(10-8-14)23(2,18)19)11-16-24(20,21)13-6-4-3-5-12(13)15/h3-6,16H,7-11H2,1-2H3. The molecular formula is C14H21BrN2O5S2. The van der Waals surface area contributed by atoms with Gasteiger partial charge in [-0.25, -0.2) is 25.9 Å². The molecule has 7 nitrogen and oxygen atoms in total. The molecule has 0 spiro atoms. The summed E-state index contributed by atoms with van der Waals surface area (Å²) in [4.78, 5) is 0.157. The van der Waals surface area contributed by atoms with Gasteiger partial charge >= 0.3 is 0 Å². The number of hydrogen-bond acceptors (Lipinski definition) is 5. The van der Waals surface area contributed by atoms with E-state index >= 15 is 0 Å². The van der Waals surface area contributed by atoms with Crippen LogP contribution in [0.5, 0.6) is 0 Å². The van der Waals surface area contributed by atoms with Gasteiger partial charge < -0.3 is 4.74 Å². The van der Waals surface area contributed by atoms with E-state index in [0.29, 0.717) is 30.4 Å². The zero-order valence-electron chi connectivity index (χ0n) is 13.5. The molecule has 24 heavy (non-hydrogen) atoms. The van der Waals surface area contributed by atoms with E-state index in [2.05, 4.69) is 20.7 Å². The first-order chi connectivity index (χ1) is 11.1. The number of nitrogens with one attached hydrogen (secondary N) is 1. The zero-order valence-corrected chi connectivity index (χ0v) is 16.7. The number of nitrogens with zero attached hydrogens (tertiary/aromatic N) is 1. The summed E-state index contributed by atoms with van der Waals surface area (Å²) in [7, 11) is -5.42. The molecule has 0 bridgehead atoms. The predicted molar refractivity (Wildman–Crippen MR) is 94.7 cm³/mol. The van der Waals surface area contributed by atoms with Crippen molar-refractivity contribution in [3.63, 3.8) is 0 Å². The van der Waals surface area contributed by atoms with Gasteiger partial charge in [0.2, 0.25) is 20.0 Å². The molecule has 1 heterocycles. The minimum Gasteiger partial charge on any atom is -0.377 e. The Morgan fingerprint density at radius 3 is 2.29 bits per heavy atom. The van der Waals surface area contributed by atoms with E-state index in [0.717, 1.165) is 0 Å². The van der Waals surface area contributed by atoms with Crippen LogP contribution in [0, 0.1) is 0 Å². The highest BCUT2D eigenvalue weighted by Crippen LogP contribution is 2.28. The minimum absolute atomic E-state index is 0.0881. The summed E-state index contributed by atoms with van der Waals surface area (Å²) in [5.41, 5.74) is -0.713. The Morgan fingerprint density at radius 1 is 1.21 bits per heavy atom. The number of halogens is 1. The highest BCUT2D eigenvalue weighted by molar-refractivity contribution is 9.10. The van der Waals surface area contributed by atoms with Crippen molar-refractivity contribution in [2.45, 2.75) is 23.3 Å². The summed E-state index contributed by atoms with van der Waals surface area (Å²) >= 11 is 3.23. The minimum atomic E-state index is -3.69. The first-order valence-electron chi connectivity index (χ1n) is 7.34. The lowest BCUT2D eigenvalue weighted by Crippen LogP contribution is -2.52. The summed E-state index contributed by atoms with van der Waals surface area (Å²) in [6.45, 7) is 0.706. The Morgan fingerprint density at radius 2 is 1.79 bits per heavy atom. The molecule has 1 aromatic rings. The highest BCUT2D eigenvalue weighted by Gasteiger charge is 2.38. The molecule has 1 aliphatic rings. The monoisotopic (exact) mass is 440 g/mol. The van der Waals surface area contributed by atoms with Gasteiger partial charge in [-0.05, 0) is 40.9 Å². The summed E-state index contributed by atoms with van der Waals surface area (Å²) in [5, 5.41) is 0. The Balaban J connectivity index is 2.08. The van der Waals surface area contributed by atoms with E-state index in [1.54, 1.807) is 18.2 Å². The van der Waals surface area contributed by atoms with Crippen molar-refractivity contribution in [2.24, 2.45) is 0 Å². The lowest BCUT2D eigenvalue weighted by molar-refractivity contribution is -0.0401. The van der Waals surface area contributed by atoms with Crippen molar-refractivity contribution in [1.82, 2.24) is 9.03 Å². The van der Waals surface area contributed by atoms with Gasteiger partial charge in [0.25, 0.3) is 0 Å². The van der Waals surface area contributed by atoms with Gasteiger partial charge in [-0.1, -0.05) is 12.1 Å². The lowest BCUT2D eigenvalue weighted by atomic mass is 9.92. The second-order valence-electron chi connectivity index (χ2n) is 5.80. The molecule has 0 amide bonds. The van der Waals surface area contributed by atoms with Crippen LogP contribution < -0.4 is 4.72 Å². The zero-order chi connectivity index (χ0) is 18.0. The Hall–Kier alpha value is -0.520. The van der Waals surface area contributed by atoms with E-state index in [-0.39, 0.29) is 11.4 Å². The molecule has 136 valence electrons. The third kappa shape index (κ3) is 4.55. The van der Waals surface area contributed by atoms with Crippen molar-refractivity contribution < 1.29 is 21.6 Å². The topological polar surface area (TPSA) is 92.8 Å². The van der Waals surface area contributed by atoms with E-state index in [4.69, 9.17) is 4.74 Å². The van der Waals surface area contributed by atoms with Crippen molar-refractivity contribution in [3.05, 3.63) is 28.7 Å². The molecule has 10 heteroatoms. The van der Waals surface area contributed by atoms with Crippen LogP contribution >= 0.6 is 15.9 Å². The quantitative estimate of drug-likeness (QED) is 0.716. The van der Waals surface area contributed by atoms with E-state index in [1.807, 2.05) is 0 Å². The molecule has 1 aromatic carbocycles. The maximum Gasteiger partial charge on any atom is 0.241 e. The smallest absolute Gasteiger partial charge is 0.241 e. The first kappa shape index (κ1) is 19.8. The normalized spacial score (nSPS) is 19.3. The van der Waals surface area contributed by atoms with Crippen LogP contribution in [0.3, 0.4) is 0 Å². The van der Waals surface area contributed by atoms with Crippen LogP contribution in [0.15, 0.2) is 33.6 Å². The van der Waals surface area contributed by atoms with Gasteiger partial charge in [-0.15, -0.1) is 0 Å². The molecule has 0 aromatic heterocycles. The molecule has 2 rings (SSSR count). The van der Waals surface area contributed by atoms with Crippen LogP contribution in [-0.4, -0.2) is 59.7 Å². The number of ether oxygens (including phenoxy) is 1. The molecule has 1 N–H and O–H groups in total.